The van der Waals surface area contributed by atoms with Crippen LogP contribution in [-0.4, -0.2) is 0 Å². The molecule has 90 valence electrons. The maximum Gasteiger partial charge on any atom is -0.0281 e. The molecule has 0 saturated heterocycles. The lowest BCUT2D eigenvalue weighted by atomic mass is 9.91. The van der Waals surface area contributed by atoms with E-state index < -0.39 is 0 Å². The van der Waals surface area contributed by atoms with Crippen molar-refractivity contribution in [2.45, 2.75) is 58.8 Å². The van der Waals surface area contributed by atoms with E-state index in [0.717, 1.165) is 5.92 Å². The zero-order valence-electron chi connectivity index (χ0n) is 10.9. The zero-order valence-corrected chi connectivity index (χ0v) is 10.9. The molecule has 0 nitrogen and oxygen atoms in total. The van der Waals surface area contributed by atoms with Crippen LogP contribution in [0, 0.1) is 5.92 Å². The summed E-state index contributed by atoms with van der Waals surface area (Å²) in [6.07, 6.45) is 9.89. The zero-order chi connectivity index (χ0) is 11.6. The van der Waals surface area contributed by atoms with Gasteiger partial charge in [-0.3, -0.25) is 0 Å². The van der Waals surface area contributed by atoms with Gasteiger partial charge in [0.15, 0.2) is 0 Å². The second-order valence-electron chi connectivity index (χ2n) is 4.98. The number of hydrogen-bond donors (Lipinski definition) is 0. The van der Waals surface area contributed by atoms with E-state index in [9.17, 15) is 0 Å². The van der Waals surface area contributed by atoms with E-state index in [1.54, 1.807) is 0 Å². The van der Waals surface area contributed by atoms with Gasteiger partial charge >= 0.3 is 0 Å². The van der Waals surface area contributed by atoms with E-state index in [4.69, 9.17) is 0 Å². The summed E-state index contributed by atoms with van der Waals surface area (Å²) in [5.41, 5.74) is 1.44. The summed E-state index contributed by atoms with van der Waals surface area (Å²) < 4.78 is 0. The molecular weight excluding hydrogens is 192 g/mol. The fourth-order valence-electron chi connectivity index (χ4n) is 2.24. The van der Waals surface area contributed by atoms with Crippen LogP contribution in [0.3, 0.4) is 0 Å². The summed E-state index contributed by atoms with van der Waals surface area (Å²) in [5, 5.41) is 0. The molecule has 0 unspecified atom stereocenters. The van der Waals surface area contributed by atoms with Gasteiger partial charge in [-0.05, 0) is 17.9 Å². The SMILES string of the molecule is CC1CCCCC1.CCCc1ccccc1. The van der Waals surface area contributed by atoms with Crippen molar-refractivity contribution < 1.29 is 0 Å². The standard InChI is InChI=1S/C9H12.C7H14/c1-2-6-9-7-4-3-5-8-9;1-7-5-3-2-4-6-7/h3-5,7-8H,2,6H2,1H3;7H,2-6H2,1H3. The van der Waals surface area contributed by atoms with Gasteiger partial charge < -0.3 is 0 Å². The molecule has 16 heavy (non-hydrogen) atoms. The first-order valence-electron chi connectivity index (χ1n) is 6.87. The predicted octanol–water partition coefficient (Wildman–Crippen LogP) is 5.23. The third-order valence-electron chi connectivity index (χ3n) is 3.28. The predicted molar refractivity (Wildman–Crippen MR) is 72.7 cm³/mol. The van der Waals surface area contributed by atoms with Gasteiger partial charge in [-0.25, -0.2) is 0 Å². The summed E-state index contributed by atoms with van der Waals surface area (Å²) in [7, 11) is 0. The van der Waals surface area contributed by atoms with Gasteiger partial charge in [0.2, 0.25) is 0 Å². The van der Waals surface area contributed by atoms with Crippen LogP contribution >= 0.6 is 0 Å². The monoisotopic (exact) mass is 218 g/mol. The van der Waals surface area contributed by atoms with E-state index in [-0.39, 0.29) is 0 Å². The smallest absolute Gasteiger partial charge is 0.0281 e. The van der Waals surface area contributed by atoms with Crippen molar-refractivity contribution in [3.05, 3.63) is 35.9 Å². The van der Waals surface area contributed by atoms with Crippen LogP contribution in [0.15, 0.2) is 30.3 Å². The molecule has 0 bridgehead atoms. The molecule has 1 aliphatic carbocycles. The first-order chi connectivity index (χ1) is 7.83. The molecule has 0 radical (unpaired) electrons. The first-order valence-corrected chi connectivity index (χ1v) is 6.87. The van der Waals surface area contributed by atoms with Crippen molar-refractivity contribution in [1.82, 2.24) is 0 Å². The lowest BCUT2D eigenvalue weighted by molar-refractivity contribution is 0.385. The Morgan fingerprint density at radius 1 is 1.00 bits per heavy atom. The van der Waals surface area contributed by atoms with E-state index in [2.05, 4.69) is 44.2 Å². The summed E-state index contributed by atoms with van der Waals surface area (Å²) in [6.45, 7) is 4.56. The van der Waals surface area contributed by atoms with Gasteiger partial charge in [0.05, 0.1) is 0 Å². The molecule has 1 aromatic rings. The van der Waals surface area contributed by atoms with Gasteiger partial charge in [0, 0.05) is 0 Å². The van der Waals surface area contributed by atoms with Crippen molar-refractivity contribution in [1.29, 1.82) is 0 Å². The molecule has 1 saturated carbocycles. The molecule has 0 N–H and O–H groups in total. The number of aryl methyl sites for hydroxylation is 1. The minimum atomic E-state index is 1.04. The summed E-state index contributed by atoms with van der Waals surface area (Å²) in [5.74, 6) is 1.04. The summed E-state index contributed by atoms with van der Waals surface area (Å²) in [4.78, 5) is 0. The quantitative estimate of drug-likeness (QED) is 0.638. The van der Waals surface area contributed by atoms with E-state index in [1.807, 2.05) is 0 Å². The van der Waals surface area contributed by atoms with E-state index >= 15 is 0 Å². The molecule has 0 amide bonds. The highest BCUT2D eigenvalue weighted by Gasteiger charge is 2.05. The third kappa shape index (κ3) is 5.95. The van der Waals surface area contributed by atoms with Gasteiger partial charge in [-0.15, -0.1) is 0 Å². The largest absolute Gasteiger partial charge is 0.0651 e. The maximum absolute atomic E-state index is 2.36. The fourth-order valence-corrected chi connectivity index (χ4v) is 2.24. The Labute approximate surface area is 101 Å². The third-order valence-corrected chi connectivity index (χ3v) is 3.28. The molecule has 0 heterocycles. The van der Waals surface area contributed by atoms with Gasteiger partial charge in [-0.2, -0.15) is 0 Å². The minimum Gasteiger partial charge on any atom is -0.0651 e. The van der Waals surface area contributed by atoms with Crippen LogP contribution < -0.4 is 0 Å². The summed E-state index contributed by atoms with van der Waals surface area (Å²) >= 11 is 0. The lowest BCUT2D eigenvalue weighted by Crippen LogP contribution is -1.99. The Bertz CT molecular complexity index is 244. The second kappa shape index (κ2) is 8.38. The fraction of sp³-hybridized carbons (Fsp3) is 0.625. The summed E-state index contributed by atoms with van der Waals surface area (Å²) in [6, 6.07) is 10.6. The molecule has 1 aliphatic rings. The molecular formula is C16H26. The molecule has 0 heteroatoms. The first kappa shape index (κ1) is 13.3. The highest BCUT2D eigenvalue weighted by molar-refractivity contribution is 5.14. The van der Waals surface area contributed by atoms with Crippen molar-refractivity contribution in [2.75, 3.05) is 0 Å². The van der Waals surface area contributed by atoms with E-state index in [1.165, 1.54) is 50.5 Å². The molecule has 1 fully saturated rings. The molecule has 1 aromatic carbocycles. The Morgan fingerprint density at radius 2 is 1.62 bits per heavy atom. The van der Waals surface area contributed by atoms with Crippen molar-refractivity contribution >= 4 is 0 Å². The van der Waals surface area contributed by atoms with Crippen molar-refractivity contribution in [2.24, 2.45) is 5.92 Å². The number of hydrogen-bond acceptors (Lipinski definition) is 0. The van der Waals surface area contributed by atoms with Crippen LogP contribution in [0.1, 0.15) is 57.9 Å². The van der Waals surface area contributed by atoms with Crippen LogP contribution in [-0.2, 0) is 6.42 Å². The molecule has 0 atom stereocenters. The average Bonchev–Trinajstić information content (AvgIpc) is 2.33. The van der Waals surface area contributed by atoms with Crippen LogP contribution in [0.2, 0.25) is 0 Å². The molecule has 0 aromatic heterocycles. The Morgan fingerprint density at radius 3 is 2.06 bits per heavy atom. The second-order valence-corrected chi connectivity index (χ2v) is 4.98. The Kier molecular flexibility index (Phi) is 6.96. The van der Waals surface area contributed by atoms with Crippen LogP contribution in [0.4, 0.5) is 0 Å². The number of rotatable bonds is 2. The van der Waals surface area contributed by atoms with Crippen molar-refractivity contribution in [3.8, 4) is 0 Å². The van der Waals surface area contributed by atoms with Crippen LogP contribution in [0.5, 0.6) is 0 Å². The highest BCUT2D eigenvalue weighted by Crippen LogP contribution is 2.22. The van der Waals surface area contributed by atoms with Gasteiger partial charge in [-0.1, -0.05) is 82.7 Å². The maximum atomic E-state index is 2.36. The van der Waals surface area contributed by atoms with Gasteiger partial charge in [0.1, 0.15) is 0 Å². The molecule has 0 spiro atoms. The van der Waals surface area contributed by atoms with Crippen molar-refractivity contribution in [3.63, 3.8) is 0 Å². The molecule has 2 rings (SSSR count). The number of benzene rings is 1. The highest BCUT2D eigenvalue weighted by atomic mass is 14.1. The Balaban J connectivity index is 0.000000165. The average molecular weight is 218 g/mol. The Hall–Kier alpha value is -0.780. The van der Waals surface area contributed by atoms with Crippen LogP contribution in [0.25, 0.3) is 0 Å². The lowest BCUT2D eigenvalue weighted by Gasteiger charge is -2.15. The van der Waals surface area contributed by atoms with Gasteiger partial charge in [0.25, 0.3) is 0 Å². The van der Waals surface area contributed by atoms with E-state index in [0.29, 0.717) is 0 Å². The topological polar surface area (TPSA) is 0 Å². The molecule has 0 aliphatic heterocycles. The normalized spacial score (nSPS) is 16.4. The minimum absolute atomic E-state index is 1.04.